The van der Waals surface area contributed by atoms with Crippen molar-refractivity contribution >= 4 is 22.6 Å². The molecule has 1 unspecified atom stereocenters. The van der Waals surface area contributed by atoms with Crippen molar-refractivity contribution in [3.8, 4) is 11.5 Å². The zero-order valence-corrected chi connectivity index (χ0v) is 19.6. The molecule has 0 N–H and O–H groups in total. The second-order valence-corrected chi connectivity index (χ2v) is 8.51. The minimum absolute atomic E-state index is 0.189. The van der Waals surface area contributed by atoms with E-state index in [1.807, 2.05) is 56.3 Å². The van der Waals surface area contributed by atoms with E-state index in [2.05, 4.69) is 35.8 Å². The summed E-state index contributed by atoms with van der Waals surface area (Å²) < 4.78 is 14.5. The quantitative estimate of drug-likeness (QED) is 0.252. The Morgan fingerprint density at radius 1 is 0.938 bits per heavy atom. The first-order chi connectivity index (χ1) is 15.5. The Morgan fingerprint density at radius 3 is 2.53 bits per heavy atom. The fourth-order valence-corrected chi connectivity index (χ4v) is 3.98. The Labute approximate surface area is 194 Å². The molecule has 4 rings (SSSR count). The largest absolute Gasteiger partial charge is 0.493 e. The molecule has 0 saturated carbocycles. The molecule has 32 heavy (non-hydrogen) atoms. The standard InChI is InChI=1S/C27H29ClN2O2/c1-19-10-4-7-13-26(19)31-17-9-8-16-30-25-12-6-5-11-24(25)29-27(30)21(3)32-22-14-15-23(28)20(2)18-22/h4-7,10-15,18,21H,8-9,16-17H2,1-3H3. The van der Waals surface area contributed by atoms with Crippen molar-refractivity contribution in [2.45, 2.75) is 46.3 Å². The molecule has 4 nitrogen and oxygen atoms in total. The normalized spacial score (nSPS) is 12.1. The minimum atomic E-state index is -0.189. The number of fused-ring (bicyclic) bond motifs is 1. The fraction of sp³-hybridized carbons (Fsp3) is 0.296. The summed E-state index contributed by atoms with van der Waals surface area (Å²) in [5, 5.41) is 0.741. The highest BCUT2D eigenvalue weighted by Gasteiger charge is 2.18. The average molecular weight is 449 g/mol. The van der Waals surface area contributed by atoms with Crippen LogP contribution in [0.3, 0.4) is 0 Å². The number of rotatable bonds is 9. The fourth-order valence-electron chi connectivity index (χ4n) is 3.86. The third kappa shape index (κ3) is 5.08. The Hall–Kier alpha value is -2.98. The molecule has 0 spiro atoms. The molecule has 1 heterocycles. The summed E-state index contributed by atoms with van der Waals surface area (Å²) in [6.07, 6.45) is 1.77. The van der Waals surface area contributed by atoms with E-state index in [9.17, 15) is 0 Å². The second-order valence-electron chi connectivity index (χ2n) is 8.10. The zero-order valence-electron chi connectivity index (χ0n) is 18.8. The van der Waals surface area contributed by atoms with Gasteiger partial charge in [0.15, 0.2) is 11.9 Å². The van der Waals surface area contributed by atoms with E-state index < -0.39 is 0 Å². The average Bonchev–Trinajstić information content (AvgIpc) is 3.16. The lowest BCUT2D eigenvalue weighted by Crippen LogP contribution is -2.13. The Bertz CT molecular complexity index is 1200. The number of aryl methyl sites for hydroxylation is 3. The molecule has 1 atom stereocenters. The van der Waals surface area contributed by atoms with Crippen LogP contribution < -0.4 is 9.47 Å². The van der Waals surface area contributed by atoms with Crippen LogP contribution in [-0.4, -0.2) is 16.2 Å². The highest BCUT2D eigenvalue weighted by molar-refractivity contribution is 6.31. The highest BCUT2D eigenvalue weighted by atomic mass is 35.5. The Balaban J connectivity index is 1.45. The minimum Gasteiger partial charge on any atom is -0.493 e. The molecule has 0 fully saturated rings. The number of benzene rings is 3. The molecule has 0 aliphatic rings. The number of nitrogens with zero attached hydrogens (tertiary/aromatic N) is 2. The molecule has 0 saturated heterocycles. The number of hydrogen-bond acceptors (Lipinski definition) is 3. The van der Waals surface area contributed by atoms with Crippen molar-refractivity contribution in [1.29, 1.82) is 0 Å². The number of hydrogen-bond donors (Lipinski definition) is 0. The smallest absolute Gasteiger partial charge is 0.153 e. The van der Waals surface area contributed by atoms with Gasteiger partial charge in [-0.1, -0.05) is 41.9 Å². The van der Waals surface area contributed by atoms with Gasteiger partial charge < -0.3 is 14.0 Å². The number of para-hydroxylation sites is 3. The summed E-state index contributed by atoms with van der Waals surface area (Å²) in [7, 11) is 0. The number of imidazole rings is 1. The van der Waals surface area contributed by atoms with E-state index in [4.69, 9.17) is 26.1 Å². The van der Waals surface area contributed by atoms with Gasteiger partial charge in [0.1, 0.15) is 11.5 Å². The molecular weight excluding hydrogens is 420 g/mol. The number of halogens is 1. The van der Waals surface area contributed by atoms with Gasteiger partial charge in [0, 0.05) is 11.6 Å². The third-order valence-electron chi connectivity index (χ3n) is 5.62. The lowest BCUT2D eigenvalue weighted by atomic mass is 10.2. The van der Waals surface area contributed by atoms with E-state index in [0.29, 0.717) is 6.61 Å². The van der Waals surface area contributed by atoms with Gasteiger partial charge in [-0.3, -0.25) is 0 Å². The van der Waals surface area contributed by atoms with Gasteiger partial charge in [-0.05, 0) is 81.1 Å². The lowest BCUT2D eigenvalue weighted by molar-refractivity contribution is 0.210. The molecular formula is C27H29ClN2O2. The molecule has 1 aromatic heterocycles. The molecule has 166 valence electrons. The molecule has 0 aliphatic carbocycles. The summed E-state index contributed by atoms with van der Waals surface area (Å²) in [5.41, 5.74) is 4.28. The van der Waals surface area contributed by atoms with Gasteiger partial charge >= 0.3 is 0 Å². The van der Waals surface area contributed by atoms with Crippen molar-refractivity contribution < 1.29 is 9.47 Å². The first kappa shape index (κ1) is 22.2. The lowest BCUT2D eigenvalue weighted by Gasteiger charge is -2.17. The summed E-state index contributed by atoms with van der Waals surface area (Å²) in [6, 6.07) is 22.1. The van der Waals surface area contributed by atoms with E-state index in [0.717, 1.165) is 58.3 Å². The predicted octanol–water partition coefficient (Wildman–Crippen LogP) is 7.31. The van der Waals surface area contributed by atoms with Crippen LogP contribution >= 0.6 is 11.6 Å². The second kappa shape index (κ2) is 10.1. The predicted molar refractivity (Wildman–Crippen MR) is 131 cm³/mol. The Kier molecular flexibility index (Phi) is 7.01. The van der Waals surface area contributed by atoms with Crippen LogP contribution in [0.25, 0.3) is 11.0 Å². The van der Waals surface area contributed by atoms with Crippen molar-refractivity contribution in [3.05, 3.63) is 88.7 Å². The topological polar surface area (TPSA) is 36.3 Å². The molecule has 0 amide bonds. The van der Waals surface area contributed by atoms with E-state index in [-0.39, 0.29) is 6.10 Å². The number of unbranched alkanes of at least 4 members (excludes halogenated alkanes) is 1. The molecule has 0 radical (unpaired) electrons. The van der Waals surface area contributed by atoms with Crippen LogP contribution in [0.15, 0.2) is 66.7 Å². The third-order valence-corrected chi connectivity index (χ3v) is 6.04. The summed E-state index contributed by atoms with van der Waals surface area (Å²) in [5.74, 6) is 2.69. The maximum Gasteiger partial charge on any atom is 0.153 e. The van der Waals surface area contributed by atoms with Gasteiger partial charge in [-0.25, -0.2) is 4.98 Å². The van der Waals surface area contributed by atoms with Crippen molar-refractivity contribution in [3.63, 3.8) is 0 Å². The Morgan fingerprint density at radius 2 is 1.72 bits per heavy atom. The number of ether oxygens (including phenoxy) is 2. The van der Waals surface area contributed by atoms with E-state index >= 15 is 0 Å². The summed E-state index contributed by atoms with van der Waals surface area (Å²) >= 11 is 6.16. The van der Waals surface area contributed by atoms with E-state index in [1.165, 1.54) is 5.56 Å². The molecule has 3 aromatic carbocycles. The molecule has 0 bridgehead atoms. The van der Waals surface area contributed by atoms with Crippen LogP contribution in [0.1, 0.15) is 42.8 Å². The van der Waals surface area contributed by atoms with Crippen LogP contribution in [0.2, 0.25) is 5.02 Å². The first-order valence-electron chi connectivity index (χ1n) is 11.1. The zero-order chi connectivity index (χ0) is 22.5. The van der Waals surface area contributed by atoms with Crippen molar-refractivity contribution in [2.75, 3.05) is 6.61 Å². The monoisotopic (exact) mass is 448 g/mol. The van der Waals surface area contributed by atoms with Gasteiger partial charge in [0.25, 0.3) is 0 Å². The van der Waals surface area contributed by atoms with Crippen LogP contribution in [0, 0.1) is 13.8 Å². The molecule has 5 heteroatoms. The maximum absolute atomic E-state index is 6.24. The summed E-state index contributed by atoms with van der Waals surface area (Å²) in [4.78, 5) is 4.89. The van der Waals surface area contributed by atoms with Crippen molar-refractivity contribution in [1.82, 2.24) is 9.55 Å². The van der Waals surface area contributed by atoms with Gasteiger partial charge in [0.05, 0.1) is 17.6 Å². The van der Waals surface area contributed by atoms with Crippen molar-refractivity contribution in [2.24, 2.45) is 0 Å². The van der Waals surface area contributed by atoms with Crippen LogP contribution in [-0.2, 0) is 6.54 Å². The molecule has 4 aromatic rings. The van der Waals surface area contributed by atoms with E-state index in [1.54, 1.807) is 0 Å². The van der Waals surface area contributed by atoms with Gasteiger partial charge in [-0.2, -0.15) is 0 Å². The molecule has 0 aliphatic heterocycles. The van der Waals surface area contributed by atoms with Gasteiger partial charge in [-0.15, -0.1) is 0 Å². The summed E-state index contributed by atoms with van der Waals surface area (Å²) in [6.45, 7) is 7.66. The SMILES string of the molecule is Cc1cc(OC(C)c2nc3ccccc3n2CCCCOc2ccccc2C)ccc1Cl. The number of aromatic nitrogens is 2. The van der Waals surface area contributed by atoms with Crippen LogP contribution in [0.4, 0.5) is 0 Å². The van der Waals surface area contributed by atoms with Gasteiger partial charge in [0.2, 0.25) is 0 Å². The van der Waals surface area contributed by atoms with Crippen LogP contribution in [0.5, 0.6) is 11.5 Å². The highest BCUT2D eigenvalue weighted by Crippen LogP contribution is 2.28. The first-order valence-corrected chi connectivity index (χ1v) is 11.5. The maximum atomic E-state index is 6.24.